The third-order valence-corrected chi connectivity index (χ3v) is 3.60. The molecule has 22 heavy (non-hydrogen) atoms. The highest BCUT2D eigenvalue weighted by Crippen LogP contribution is 2.15. The number of carbonyl (C=O) groups excluding carboxylic acids is 1. The summed E-state index contributed by atoms with van der Waals surface area (Å²) in [6.45, 7) is 6.32. The number of aromatic nitrogens is 2. The normalized spacial score (nSPS) is 15.9. The highest BCUT2D eigenvalue weighted by Gasteiger charge is 2.12. The smallest absolute Gasteiger partial charge is 0.414 e. The lowest BCUT2D eigenvalue weighted by molar-refractivity contribution is 0.0290. The Balaban J connectivity index is 1.47. The van der Waals surface area contributed by atoms with Gasteiger partial charge in [-0.25, -0.2) is 9.78 Å². The van der Waals surface area contributed by atoms with E-state index in [1.54, 1.807) is 0 Å². The number of amides is 1. The first kappa shape index (κ1) is 14.8. The molecule has 7 heteroatoms. The number of imidazole rings is 1. The van der Waals surface area contributed by atoms with Crippen molar-refractivity contribution in [2.24, 2.45) is 0 Å². The molecule has 3 rings (SSSR count). The second-order valence-electron chi connectivity index (χ2n) is 5.32. The average molecular weight is 304 g/mol. The zero-order valence-corrected chi connectivity index (χ0v) is 12.6. The SMILES string of the molecule is Cc1ccc2nc(NC(=O)OCCN3CCOCC3)[nH]c2c1. The zero-order chi connectivity index (χ0) is 15.4. The quantitative estimate of drug-likeness (QED) is 0.899. The van der Waals surface area contributed by atoms with Crippen molar-refractivity contribution < 1.29 is 14.3 Å². The monoisotopic (exact) mass is 304 g/mol. The van der Waals surface area contributed by atoms with Crippen LogP contribution < -0.4 is 5.32 Å². The van der Waals surface area contributed by atoms with E-state index in [2.05, 4.69) is 20.2 Å². The second kappa shape index (κ2) is 6.76. The third kappa shape index (κ3) is 3.75. The van der Waals surface area contributed by atoms with Crippen molar-refractivity contribution in [2.75, 3.05) is 44.8 Å². The number of H-pyrrole nitrogens is 1. The lowest BCUT2D eigenvalue weighted by Gasteiger charge is -2.26. The van der Waals surface area contributed by atoms with E-state index in [0.29, 0.717) is 12.6 Å². The summed E-state index contributed by atoms with van der Waals surface area (Å²) in [5.41, 5.74) is 2.84. The number of morpholine rings is 1. The minimum Gasteiger partial charge on any atom is -0.448 e. The van der Waals surface area contributed by atoms with Crippen LogP contribution in [0.3, 0.4) is 0 Å². The Morgan fingerprint density at radius 2 is 2.27 bits per heavy atom. The van der Waals surface area contributed by atoms with Crippen molar-refractivity contribution in [3.8, 4) is 0 Å². The van der Waals surface area contributed by atoms with Gasteiger partial charge in [0.1, 0.15) is 6.61 Å². The molecule has 2 heterocycles. The number of hydrogen-bond donors (Lipinski definition) is 2. The van der Waals surface area contributed by atoms with E-state index in [4.69, 9.17) is 9.47 Å². The van der Waals surface area contributed by atoms with Crippen LogP contribution in [0.25, 0.3) is 11.0 Å². The molecule has 0 aliphatic carbocycles. The van der Waals surface area contributed by atoms with E-state index in [1.165, 1.54) is 0 Å². The predicted octanol–water partition coefficient (Wildman–Crippen LogP) is 1.75. The highest BCUT2D eigenvalue weighted by molar-refractivity contribution is 5.86. The minimum atomic E-state index is -0.496. The minimum absolute atomic E-state index is 0.352. The molecule has 1 aliphatic rings. The van der Waals surface area contributed by atoms with Crippen LogP contribution in [0.2, 0.25) is 0 Å². The number of aryl methyl sites for hydroxylation is 1. The van der Waals surface area contributed by atoms with Crippen LogP contribution in [0.4, 0.5) is 10.7 Å². The lowest BCUT2D eigenvalue weighted by Crippen LogP contribution is -2.38. The van der Waals surface area contributed by atoms with Crippen LogP contribution in [0, 0.1) is 6.92 Å². The van der Waals surface area contributed by atoms with Crippen LogP contribution in [-0.2, 0) is 9.47 Å². The molecule has 1 aliphatic heterocycles. The number of nitrogens with zero attached hydrogens (tertiary/aromatic N) is 2. The molecule has 0 bridgehead atoms. The van der Waals surface area contributed by atoms with Crippen molar-refractivity contribution in [1.29, 1.82) is 0 Å². The summed E-state index contributed by atoms with van der Waals surface area (Å²) < 4.78 is 10.4. The van der Waals surface area contributed by atoms with E-state index in [0.717, 1.165) is 49.4 Å². The summed E-state index contributed by atoms with van der Waals surface area (Å²) in [6.07, 6.45) is -0.496. The summed E-state index contributed by atoms with van der Waals surface area (Å²) >= 11 is 0. The summed E-state index contributed by atoms with van der Waals surface area (Å²) in [5.74, 6) is 0.400. The first-order chi connectivity index (χ1) is 10.7. The van der Waals surface area contributed by atoms with Gasteiger partial charge in [-0.2, -0.15) is 0 Å². The van der Waals surface area contributed by atoms with Crippen molar-refractivity contribution >= 4 is 23.1 Å². The standard InChI is InChI=1S/C15H20N4O3/c1-11-2-3-12-13(10-11)17-14(16-12)18-15(20)22-9-6-19-4-7-21-8-5-19/h2-3,10H,4-9H2,1H3,(H2,16,17,18,20). The first-order valence-corrected chi connectivity index (χ1v) is 7.41. The highest BCUT2D eigenvalue weighted by atomic mass is 16.5. The second-order valence-corrected chi connectivity index (χ2v) is 5.32. The maximum Gasteiger partial charge on any atom is 0.414 e. The third-order valence-electron chi connectivity index (χ3n) is 3.60. The Bertz CT molecular complexity index is 649. The Hall–Kier alpha value is -2.12. The van der Waals surface area contributed by atoms with Gasteiger partial charge in [0.15, 0.2) is 0 Å². The molecule has 1 saturated heterocycles. The number of nitrogens with one attached hydrogen (secondary N) is 2. The summed E-state index contributed by atoms with van der Waals surface area (Å²) in [5, 5.41) is 2.62. The maximum atomic E-state index is 11.8. The molecule has 0 unspecified atom stereocenters. The molecular weight excluding hydrogens is 284 g/mol. The number of ether oxygens (including phenoxy) is 2. The molecule has 0 atom stereocenters. The van der Waals surface area contributed by atoms with Gasteiger partial charge in [-0.05, 0) is 24.6 Å². The Kier molecular flexibility index (Phi) is 4.55. The van der Waals surface area contributed by atoms with Gasteiger partial charge < -0.3 is 14.5 Å². The van der Waals surface area contributed by atoms with Gasteiger partial charge in [-0.15, -0.1) is 0 Å². The fourth-order valence-corrected chi connectivity index (χ4v) is 2.41. The fourth-order valence-electron chi connectivity index (χ4n) is 2.41. The van der Waals surface area contributed by atoms with Crippen molar-refractivity contribution in [3.05, 3.63) is 23.8 Å². The molecule has 0 saturated carbocycles. The van der Waals surface area contributed by atoms with Gasteiger partial charge in [0.2, 0.25) is 5.95 Å². The molecule has 1 fully saturated rings. The van der Waals surface area contributed by atoms with Crippen molar-refractivity contribution in [1.82, 2.24) is 14.9 Å². The topological polar surface area (TPSA) is 79.5 Å². The number of fused-ring (bicyclic) bond motifs is 1. The Morgan fingerprint density at radius 1 is 1.45 bits per heavy atom. The van der Waals surface area contributed by atoms with E-state index in [1.807, 2.05) is 25.1 Å². The maximum absolute atomic E-state index is 11.8. The van der Waals surface area contributed by atoms with E-state index in [-0.39, 0.29) is 0 Å². The van der Waals surface area contributed by atoms with Gasteiger partial charge in [0, 0.05) is 19.6 Å². The van der Waals surface area contributed by atoms with E-state index >= 15 is 0 Å². The van der Waals surface area contributed by atoms with E-state index < -0.39 is 6.09 Å². The first-order valence-electron chi connectivity index (χ1n) is 7.41. The molecule has 1 aromatic heterocycles. The lowest BCUT2D eigenvalue weighted by atomic mass is 10.2. The van der Waals surface area contributed by atoms with Crippen LogP contribution in [0.1, 0.15) is 5.56 Å². The van der Waals surface area contributed by atoms with Crippen LogP contribution in [0.5, 0.6) is 0 Å². The summed E-state index contributed by atoms with van der Waals surface area (Å²) in [7, 11) is 0. The van der Waals surface area contributed by atoms with Crippen LogP contribution in [0.15, 0.2) is 18.2 Å². The number of aromatic amines is 1. The molecular formula is C15H20N4O3. The largest absolute Gasteiger partial charge is 0.448 e. The van der Waals surface area contributed by atoms with Crippen molar-refractivity contribution in [3.63, 3.8) is 0 Å². The van der Waals surface area contributed by atoms with Gasteiger partial charge in [-0.3, -0.25) is 10.2 Å². The molecule has 0 spiro atoms. The number of anilines is 1. The van der Waals surface area contributed by atoms with Gasteiger partial charge in [-0.1, -0.05) is 6.07 Å². The molecule has 7 nitrogen and oxygen atoms in total. The number of benzene rings is 1. The summed E-state index contributed by atoms with van der Waals surface area (Å²) in [6, 6.07) is 5.88. The molecule has 1 amide bonds. The number of rotatable bonds is 4. The number of carbonyl (C=O) groups is 1. The summed E-state index contributed by atoms with van der Waals surface area (Å²) in [4.78, 5) is 21.3. The zero-order valence-electron chi connectivity index (χ0n) is 12.6. The molecule has 2 N–H and O–H groups in total. The van der Waals surface area contributed by atoms with Crippen LogP contribution in [-0.4, -0.2) is 60.4 Å². The van der Waals surface area contributed by atoms with Gasteiger partial charge >= 0.3 is 6.09 Å². The molecule has 118 valence electrons. The molecule has 1 aromatic carbocycles. The Labute approximate surface area is 128 Å². The molecule has 2 aromatic rings. The van der Waals surface area contributed by atoms with Crippen molar-refractivity contribution in [2.45, 2.75) is 6.92 Å². The molecule has 0 radical (unpaired) electrons. The number of hydrogen-bond acceptors (Lipinski definition) is 5. The average Bonchev–Trinajstić information content (AvgIpc) is 2.89. The van der Waals surface area contributed by atoms with Gasteiger partial charge in [0.25, 0.3) is 0 Å². The Morgan fingerprint density at radius 3 is 3.09 bits per heavy atom. The fraction of sp³-hybridized carbons (Fsp3) is 0.467. The van der Waals surface area contributed by atoms with E-state index in [9.17, 15) is 4.79 Å². The van der Waals surface area contributed by atoms with Crippen LogP contribution >= 0.6 is 0 Å². The van der Waals surface area contributed by atoms with Gasteiger partial charge in [0.05, 0.1) is 24.2 Å². The predicted molar refractivity (Wildman–Crippen MR) is 83.1 cm³/mol.